The summed E-state index contributed by atoms with van der Waals surface area (Å²) < 4.78 is 0. The summed E-state index contributed by atoms with van der Waals surface area (Å²) in [6.07, 6.45) is 5.21. The summed E-state index contributed by atoms with van der Waals surface area (Å²) in [5, 5.41) is 0.575. The second kappa shape index (κ2) is 7.93. The van der Waals surface area contributed by atoms with Crippen LogP contribution in [-0.4, -0.2) is 19.9 Å². The van der Waals surface area contributed by atoms with Gasteiger partial charge in [0.2, 0.25) is 0 Å². The molecule has 4 nitrogen and oxygen atoms in total. The van der Waals surface area contributed by atoms with Crippen LogP contribution in [0, 0.1) is 0 Å². The topological polar surface area (TPSA) is 54.5 Å². The standard InChI is InChI=1S/C19H13ClN4.C2H6/c1-2-12-9-14(20)18(22-10-12)13-7-8-17(21-11-13)19-23-15-5-3-4-6-16(15)24-19;1-2/h2-11H,1H2,(H,23,24);1-2H3. The molecule has 0 saturated carbocycles. The van der Waals surface area contributed by atoms with E-state index in [9.17, 15) is 0 Å². The number of halogens is 1. The fourth-order valence-electron chi connectivity index (χ4n) is 2.52. The predicted octanol–water partition coefficient (Wildman–Crippen LogP) is 6.01. The van der Waals surface area contributed by atoms with E-state index in [4.69, 9.17) is 11.6 Å². The molecule has 130 valence electrons. The van der Waals surface area contributed by atoms with Crippen molar-refractivity contribution >= 4 is 28.7 Å². The van der Waals surface area contributed by atoms with Gasteiger partial charge in [0.05, 0.1) is 21.7 Å². The van der Waals surface area contributed by atoms with Gasteiger partial charge in [0.1, 0.15) is 5.69 Å². The molecule has 1 aromatic carbocycles. The molecule has 0 amide bonds. The molecule has 0 aliphatic heterocycles. The van der Waals surface area contributed by atoms with E-state index in [1.807, 2.05) is 56.3 Å². The highest BCUT2D eigenvalue weighted by Crippen LogP contribution is 2.27. The maximum atomic E-state index is 6.30. The van der Waals surface area contributed by atoms with Crippen LogP contribution in [0.25, 0.3) is 39.9 Å². The van der Waals surface area contributed by atoms with Gasteiger partial charge < -0.3 is 4.98 Å². The number of aromatic amines is 1. The van der Waals surface area contributed by atoms with Crippen LogP contribution in [0.5, 0.6) is 0 Å². The zero-order valence-electron chi connectivity index (χ0n) is 14.7. The number of fused-ring (bicyclic) bond motifs is 1. The van der Waals surface area contributed by atoms with Crippen molar-refractivity contribution in [1.29, 1.82) is 0 Å². The summed E-state index contributed by atoms with van der Waals surface area (Å²) in [7, 11) is 0. The van der Waals surface area contributed by atoms with Gasteiger partial charge in [0.25, 0.3) is 0 Å². The monoisotopic (exact) mass is 362 g/mol. The van der Waals surface area contributed by atoms with Crippen LogP contribution in [0.3, 0.4) is 0 Å². The number of nitrogens with one attached hydrogen (secondary N) is 1. The Bertz CT molecular complexity index is 1000. The first kappa shape index (κ1) is 17.8. The number of pyridine rings is 2. The molecule has 3 aromatic heterocycles. The Morgan fingerprint density at radius 2 is 1.85 bits per heavy atom. The highest BCUT2D eigenvalue weighted by atomic mass is 35.5. The van der Waals surface area contributed by atoms with Crippen LogP contribution < -0.4 is 0 Å². The smallest absolute Gasteiger partial charge is 0.157 e. The van der Waals surface area contributed by atoms with Crippen molar-refractivity contribution in [2.45, 2.75) is 13.8 Å². The van der Waals surface area contributed by atoms with Crippen molar-refractivity contribution in [3.8, 4) is 22.8 Å². The number of hydrogen-bond donors (Lipinski definition) is 1. The third kappa shape index (κ3) is 3.51. The summed E-state index contributed by atoms with van der Waals surface area (Å²) in [4.78, 5) is 16.7. The average Bonchev–Trinajstić information content (AvgIpc) is 3.14. The number of rotatable bonds is 3. The Balaban J connectivity index is 0.000000948. The fraction of sp³-hybridized carbons (Fsp3) is 0.0952. The van der Waals surface area contributed by atoms with Crippen molar-refractivity contribution in [2.75, 3.05) is 0 Å². The molecule has 0 spiro atoms. The highest BCUT2D eigenvalue weighted by Gasteiger charge is 2.09. The van der Waals surface area contributed by atoms with E-state index in [-0.39, 0.29) is 0 Å². The summed E-state index contributed by atoms with van der Waals surface area (Å²) >= 11 is 6.30. The van der Waals surface area contributed by atoms with Gasteiger partial charge in [-0.1, -0.05) is 50.2 Å². The number of H-pyrrole nitrogens is 1. The molecule has 0 saturated heterocycles. The second-order valence-corrected chi connectivity index (χ2v) is 5.75. The molecule has 0 aliphatic rings. The van der Waals surface area contributed by atoms with Gasteiger partial charge >= 0.3 is 0 Å². The van der Waals surface area contributed by atoms with Crippen LogP contribution in [0.1, 0.15) is 19.4 Å². The van der Waals surface area contributed by atoms with Gasteiger partial charge in [-0.25, -0.2) is 4.98 Å². The molecule has 0 atom stereocenters. The first-order chi connectivity index (χ1) is 12.7. The molecule has 26 heavy (non-hydrogen) atoms. The lowest BCUT2D eigenvalue weighted by molar-refractivity contribution is 1.22. The van der Waals surface area contributed by atoms with Crippen molar-refractivity contribution in [2.24, 2.45) is 0 Å². The quantitative estimate of drug-likeness (QED) is 0.485. The minimum absolute atomic E-state index is 0.575. The van der Waals surface area contributed by atoms with Crippen LogP contribution in [0.2, 0.25) is 5.02 Å². The first-order valence-corrected chi connectivity index (χ1v) is 8.82. The van der Waals surface area contributed by atoms with Crippen LogP contribution in [0.15, 0.2) is 61.4 Å². The molecule has 1 N–H and O–H groups in total. The maximum Gasteiger partial charge on any atom is 0.157 e. The average molecular weight is 363 g/mol. The molecule has 0 aliphatic carbocycles. The van der Waals surface area contributed by atoms with Gasteiger partial charge in [0, 0.05) is 18.0 Å². The van der Waals surface area contributed by atoms with E-state index in [2.05, 4.69) is 26.5 Å². The summed E-state index contributed by atoms with van der Waals surface area (Å²) in [5.41, 5.74) is 5.12. The predicted molar refractivity (Wildman–Crippen MR) is 109 cm³/mol. The fourth-order valence-corrected chi connectivity index (χ4v) is 2.81. The van der Waals surface area contributed by atoms with Gasteiger partial charge in [-0.15, -0.1) is 0 Å². The Kier molecular flexibility index (Phi) is 5.44. The van der Waals surface area contributed by atoms with Gasteiger partial charge in [0.15, 0.2) is 5.82 Å². The molecule has 0 unspecified atom stereocenters. The molecular formula is C21H19ClN4. The van der Waals surface area contributed by atoms with Gasteiger partial charge in [-0.3, -0.25) is 9.97 Å². The zero-order chi connectivity index (χ0) is 18.5. The Labute approximate surface area is 157 Å². The Hall–Kier alpha value is -2.98. The zero-order valence-corrected chi connectivity index (χ0v) is 15.5. The number of hydrogen-bond acceptors (Lipinski definition) is 3. The molecule has 0 bridgehead atoms. The number of para-hydroxylation sites is 2. The molecule has 4 aromatic rings. The van der Waals surface area contributed by atoms with E-state index in [1.165, 1.54) is 0 Å². The minimum atomic E-state index is 0.575. The molecule has 3 heterocycles. The number of nitrogens with zero attached hydrogens (tertiary/aromatic N) is 3. The molecule has 0 radical (unpaired) electrons. The lowest BCUT2D eigenvalue weighted by Crippen LogP contribution is -1.90. The largest absolute Gasteiger partial charge is 0.337 e. The van der Waals surface area contributed by atoms with Crippen LogP contribution in [0.4, 0.5) is 0 Å². The molecular weight excluding hydrogens is 344 g/mol. The number of aromatic nitrogens is 4. The molecule has 0 fully saturated rings. The first-order valence-electron chi connectivity index (χ1n) is 8.44. The van der Waals surface area contributed by atoms with E-state index < -0.39 is 0 Å². The number of imidazole rings is 1. The van der Waals surface area contributed by atoms with E-state index in [0.29, 0.717) is 10.7 Å². The summed E-state index contributed by atoms with van der Waals surface area (Å²) in [6, 6.07) is 13.6. The van der Waals surface area contributed by atoms with Crippen LogP contribution >= 0.6 is 11.6 Å². The molecule has 5 heteroatoms. The lowest BCUT2D eigenvalue weighted by atomic mass is 10.1. The Morgan fingerprint density at radius 1 is 1.04 bits per heavy atom. The minimum Gasteiger partial charge on any atom is -0.337 e. The van der Waals surface area contributed by atoms with Crippen molar-refractivity contribution in [3.05, 3.63) is 72.0 Å². The van der Waals surface area contributed by atoms with E-state index in [1.54, 1.807) is 18.5 Å². The third-order valence-electron chi connectivity index (χ3n) is 3.77. The van der Waals surface area contributed by atoms with Gasteiger partial charge in [-0.05, 0) is 35.9 Å². The van der Waals surface area contributed by atoms with Crippen molar-refractivity contribution in [3.63, 3.8) is 0 Å². The normalized spacial score (nSPS) is 10.3. The SMILES string of the molecule is C=Cc1cnc(-c2ccc(-c3nc4ccccc4[nH]3)nc2)c(Cl)c1.CC. The maximum absolute atomic E-state index is 6.30. The van der Waals surface area contributed by atoms with Crippen LogP contribution in [-0.2, 0) is 0 Å². The summed E-state index contributed by atoms with van der Waals surface area (Å²) in [6.45, 7) is 7.72. The summed E-state index contributed by atoms with van der Waals surface area (Å²) in [5.74, 6) is 0.740. The van der Waals surface area contributed by atoms with Crippen molar-refractivity contribution in [1.82, 2.24) is 19.9 Å². The third-order valence-corrected chi connectivity index (χ3v) is 4.06. The van der Waals surface area contributed by atoms with Crippen molar-refractivity contribution < 1.29 is 0 Å². The molecule has 4 rings (SSSR count). The second-order valence-electron chi connectivity index (χ2n) is 5.34. The van der Waals surface area contributed by atoms with E-state index in [0.717, 1.165) is 33.7 Å². The number of benzene rings is 1. The van der Waals surface area contributed by atoms with E-state index >= 15 is 0 Å². The Morgan fingerprint density at radius 3 is 2.50 bits per heavy atom. The van der Waals surface area contributed by atoms with Gasteiger partial charge in [-0.2, -0.15) is 0 Å². The lowest BCUT2D eigenvalue weighted by Gasteiger charge is -2.05. The highest BCUT2D eigenvalue weighted by molar-refractivity contribution is 6.33.